The van der Waals surface area contributed by atoms with Crippen molar-refractivity contribution in [3.05, 3.63) is 20.3 Å². The molecule has 15 heavy (non-hydrogen) atoms. The molecule has 0 aliphatic carbocycles. The van der Waals surface area contributed by atoms with Crippen LogP contribution in [0.4, 0.5) is 0 Å². The van der Waals surface area contributed by atoms with Crippen molar-refractivity contribution in [2.75, 3.05) is 6.61 Å². The fourth-order valence-corrected chi connectivity index (χ4v) is 5.17. The topological polar surface area (TPSA) is 9.23 Å². The zero-order valence-corrected chi connectivity index (χ0v) is 12.8. The number of aryl methyl sites for hydroxylation is 1. The molecular formula is C11H14Br2OS. The van der Waals surface area contributed by atoms with Crippen molar-refractivity contribution in [2.24, 2.45) is 5.92 Å². The summed E-state index contributed by atoms with van der Waals surface area (Å²) in [6, 6.07) is 2.23. The summed E-state index contributed by atoms with van der Waals surface area (Å²) in [5.41, 5.74) is 1.41. The molecule has 3 unspecified atom stereocenters. The minimum absolute atomic E-state index is 0.368. The summed E-state index contributed by atoms with van der Waals surface area (Å²) < 4.78 is 6.83. The lowest BCUT2D eigenvalue weighted by Crippen LogP contribution is -2.16. The second-order valence-electron chi connectivity index (χ2n) is 3.99. The largest absolute Gasteiger partial charge is 0.378 e. The van der Waals surface area contributed by atoms with Crippen LogP contribution in [0.5, 0.6) is 0 Å². The van der Waals surface area contributed by atoms with E-state index in [9.17, 15) is 0 Å². The van der Waals surface area contributed by atoms with E-state index >= 15 is 0 Å². The third-order valence-electron chi connectivity index (χ3n) is 3.03. The van der Waals surface area contributed by atoms with Gasteiger partial charge in [-0.25, -0.2) is 0 Å². The summed E-state index contributed by atoms with van der Waals surface area (Å²) in [6.45, 7) is 5.25. The SMILES string of the molecule is Cc1sc(Br)cc1C(Br)C1CCOC1C. The molecule has 2 heterocycles. The third-order valence-corrected chi connectivity index (χ3v) is 5.78. The van der Waals surface area contributed by atoms with Crippen LogP contribution >= 0.6 is 43.2 Å². The molecule has 0 amide bonds. The Morgan fingerprint density at radius 3 is 2.80 bits per heavy atom. The van der Waals surface area contributed by atoms with E-state index in [-0.39, 0.29) is 0 Å². The quantitative estimate of drug-likeness (QED) is 0.701. The predicted molar refractivity (Wildman–Crippen MR) is 71.9 cm³/mol. The molecule has 84 valence electrons. The number of halogens is 2. The summed E-state index contributed by atoms with van der Waals surface area (Å²) in [4.78, 5) is 1.82. The first-order valence-corrected chi connectivity index (χ1v) is 7.63. The van der Waals surface area contributed by atoms with Crippen molar-refractivity contribution < 1.29 is 4.74 Å². The van der Waals surface area contributed by atoms with Gasteiger partial charge in [-0.2, -0.15) is 0 Å². The van der Waals surface area contributed by atoms with Crippen molar-refractivity contribution in [1.29, 1.82) is 0 Å². The zero-order chi connectivity index (χ0) is 11.0. The molecule has 1 aromatic heterocycles. The summed E-state index contributed by atoms with van der Waals surface area (Å²) >= 11 is 9.17. The van der Waals surface area contributed by atoms with Crippen molar-refractivity contribution in [3.8, 4) is 0 Å². The molecule has 0 N–H and O–H groups in total. The maximum atomic E-state index is 5.62. The van der Waals surface area contributed by atoms with Gasteiger partial charge in [0.2, 0.25) is 0 Å². The number of rotatable bonds is 2. The van der Waals surface area contributed by atoms with E-state index in [0.29, 0.717) is 16.8 Å². The molecule has 0 saturated carbocycles. The van der Waals surface area contributed by atoms with Gasteiger partial charge in [0.1, 0.15) is 0 Å². The highest BCUT2D eigenvalue weighted by Gasteiger charge is 2.32. The van der Waals surface area contributed by atoms with Crippen LogP contribution in [0.15, 0.2) is 9.85 Å². The van der Waals surface area contributed by atoms with E-state index in [1.165, 1.54) is 14.2 Å². The Kier molecular flexibility index (Phi) is 3.92. The van der Waals surface area contributed by atoms with Crippen molar-refractivity contribution in [3.63, 3.8) is 0 Å². The van der Waals surface area contributed by atoms with Gasteiger partial charge in [-0.15, -0.1) is 11.3 Å². The second kappa shape index (κ2) is 4.86. The maximum Gasteiger partial charge on any atom is 0.0704 e. The minimum Gasteiger partial charge on any atom is -0.378 e. The summed E-state index contributed by atoms with van der Waals surface area (Å²) in [7, 11) is 0. The lowest BCUT2D eigenvalue weighted by atomic mass is 9.94. The lowest BCUT2D eigenvalue weighted by molar-refractivity contribution is 0.105. The minimum atomic E-state index is 0.368. The van der Waals surface area contributed by atoms with Gasteiger partial charge < -0.3 is 4.74 Å². The van der Waals surface area contributed by atoms with Crippen LogP contribution in [0.1, 0.15) is 28.6 Å². The average molecular weight is 354 g/mol. The first-order valence-electron chi connectivity index (χ1n) is 5.11. The van der Waals surface area contributed by atoms with Crippen LogP contribution in [-0.2, 0) is 4.74 Å². The highest BCUT2D eigenvalue weighted by Crippen LogP contribution is 2.43. The molecule has 0 radical (unpaired) electrons. The average Bonchev–Trinajstić information content (AvgIpc) is 2.71. The van der Waals surface area contributed by atoms with Gasteiger partial charge >= 0.3 is 0 Å². The first-order chi connectivity index (χ1) is 7.09. The number of thiophene rings is 1. The van der Waals surface area contributed by atoms with Crippen molar-refractivity contribution in [2.45, 2.75) is 31.2 Å². The highest BCUT2D eigenvalue weighted by atomic mass is 79.9. The molecule has 1 aromatic rings. The molecular weight excluding hydrogens is 340 g/mol. The van der Waals surface area contributed by atoms with Crippen molar-refractivity contribution >= 4 is 43.2 Å². The second-order valence-corrected chi connectivity index (χ2v) is 7.61. The maximum absolute atomic E-state index is 5.62. The Morgan fingerprint density at radius 2 is 2.33 bits per heavy atom. The number of ether oxygens (including phenoxy) is 1. The molecule has 1 saturated heterocycles. The number of hydrogen-bond donors (Lipinski definition) is 0. The first kappa shape index (κ1) is 12.1. The number of alkyl halides is 1. The highest BCUT2D eigenvalue weighted by molar-refractivity contribution is 9.11. The third kappa shape index (κ3) is 2.48. The Balaban J connectivity index is 2.19. The van der Waals surface area contributed by atoms with Gasteiger partial charge in [0.15, 0.2) is 0 Å². The molecule has 3 atom stereocenters. The molecule has 1 aliphatic heterocycles. The van der Waals surface area contributed by atoms with Gasteiger partial charge in [-0.1, -0.05) is 15.9 Å². The monoisotopic (exact) mass is 352 g/mol. The van der Waals surface area contributed by atoms with Crippen LogP contribution in [0, 0.1) is 12.8 Å². The molecule has 0 spiro atoms. The van der Waals surface area contributed by atoms with Crippen LogP contribution in [0.25, 0.3) is 0 Å². The predicted octanol–water partition coefficient (Wildman–Crippen LogP) is 4.68. The summed E-state index contributed by atoms with van der Waals surface area (Å²) in [6.07, 6.45) is 1.52. The molecule has 4 heteroatoms. The lowest BCUT2D eigenvalue weighted by Gasteiger charge is -2.20. The standard InChI is InChI=1S/C11H14Br2OS/c1-6-8(3-4-14-6)11(13)9-5-10(12)15-7(9)2/h5-6,8,11H,3-4H2,1-2H3. The smallest absolute Gasteiger partial charge is 0.0704 e. The summed E-state index contributed by atoms with van der Waals surface area (Å²) in [5.74, 6) is 0.602. The van der Waals surface area contributed by atoms with Gasteiger partial charge in [0.25, 0.3) is 0 Å². The van der Waals surface area contributed by atoms with Gasteiger partial charge in [-0.3, -0.25) is 0 Å². The van der Waals surface area contributed by atoms with Crippen LogP contribution in [0.3, 0.4) is 0 Å². The summed E-state index contributed by atoms with van der Waals surface area (Å²) in [5, 5.41) is 0. The fourth-order valence-electron chi connectivity index (χ4n) is 2.10. The van der Waals surface area contributed by atoms with E-state index in [2.05, 4.69) is 51.8 Å². The fraction of sp³-hybridized carbons (Fsp3) is 0.636. The van der Waals surface area contributed by atoms with Crippen LogP contribution < -0.4 is 0 Å². The number of hydrogen-bond acceptors (Lipinski definition) is 2. The van der Waals surface area contributed by atoms with E-state index < -0.39 is 0 Å². The van der Waals surface area contributed by atoms with Gasteiger partial charge in [0.05, 0.1) is 9.89 Å². The molecule has 1 fully saturated rings. The van der Waals surface area contributed by atoms with Gasteiger partial charge in [-0.05, 0) is 47.8 Å². The Bertz CT molecular complexity index is 350. The van der Waals surface area contributed by atoms with E-state index in [1.54, 1.807) is 11.3 Å². The molecule has 0 bridgehead atoms. The zero-order valence-electron chi connectivity index (χ0n) is 8.80. The Morgan fingerprint density at radius 1 is 1.60 bits per heavy atom. The van der Waals surface area contributed by atoms with Crippen molar-refractivity contribution in [1.82, 2.24) is 0 Å². The molecule has 0 aromatic carbocycles. The normalized spacial score (nSPS) is 28.3. The van der Waals surface area contributed by atoms with Crippen LogP contribution in [-0.4, -0.2) is 12.7 Å². The van der Waals surface area contributed by atoms with E-state index in [1.807, 2.05) is 0 Å². The molecule has 1 nitrogen and oxygen atoms in total. The van der Waals surface area contributed by atoms with E-state index in [0.717, 1.165) is 13.0 Å². The molecule has 2 rings (SSSR count). The molecule has 1 aliphatic rings. The Hall–Kier alpha value is 0.620. The Labute approximate surface area is 111 Å². The van der Waals surface area contributed by atoms with E-state index in [4.69, 9.17) is 4.74 Å². The van der Waals surface area contributed by atoms with Crippen LogP contribution in [0.2, 0.25) is 0 Å². The van der Waals surface area contributed by atoms with Gasteiger partial charge in [0, 0.05) is 22.2 Å².